The Morgan fingerprint density at radius 1 is 0.944 bits per heavy atom. The van der Waals surface area contributed by atoms with E-state index in [1.54, 1.807) is 6.07 Å². The zero-order valence-electron chi connectivity index (χ0n) is 9.80. The first-order chi connectivity index (χ1) is 8.77. The van der Waals surface area contributed by atoms with Crippen LogP contribution in [-0.2, 0) is 0 Å². The van der Waals surface area contributed by atoms with Crippen molar-refractivity contribution in [1.82, 2.24) is 0 Å². The van der Waals surface area contributed by atoms with Crippen molar-refractivity contribution in [3.05, 3.63) is 77.9 Å². The molecule has 1 atom stereocenters. The monoisotopic (exact) mass is 236 g/mol. The number of ether oxygens (including phenoxy) is 1. The Morgan fingerprint density at radius 3 is 2.39 bits per heavy atom. The van der Waals surface area contributed by atoms with Crippen LogP contribution in [0, 0.1) is 0 Å². The molecule has 0 amide bonds. The second-order valence-electron chi connectivity index (χ2n) is 4.26. The highest BCUT2D eigenvalue weighted by Crippen LogP contribution is 2.37. The van der Waals surface area contributed by atoms with Crippen LogP contribution in [0.3, 0.4) is 0 Å². The summed E-state index contributed by atoms with van der Waals surface area (Å²) in [5.41, 5.74) is 2.03. The Bertz CT molecular complexity index is 614. The average molecular weight is 236 g/mol. The first-order valence-corrected chi connectivity index (χ1v) is 5.81. The molecule has 0 saturated carbocycles. The van der Waals surface area contributed by atoms with Crippen molar-refractivity contribution in [1.29, 1.82) is 0 Å². The summed E-state index contributed by atoms with van der Waals surface area (Å²) in [5.74, 6) is 0.592. The highest BCUT2D eigenvalue weighted by atomic mass is 16.5. The minimum absolute atomic E-state index is 0.0364. The molecule has 0 aliphatic carbocycles. The molecule has 0 bridgehead atoms. The summed E-state index contributed by atoms with van der Waals surface area (Å²) < 4.78 is 5.88. The molecule has 0 spiro atoms. The molecule has 18 heavy (non-hydrogen) atoms. The van der Waals surface area contributed by atoms with Crippen LogP contribution >= 0.6 is 0 Å². The molecule has 0 aromatic heterocycles. The van der Waals surface area contributed by atoms with Crippen LogP contribution in [0.15, 0.2) is 66.7 Å². The summed E-state index contributed by atoms with van der Waals surface area (Å²) in [6, 6.07) is 16.9. The molecule has 2 aromatic rings. The van der Waals surface area contributed by atoms with Crippen LogP contribution in [0.4, 0.5) is 0 Å². The van der Waals surface area contributed by atoms with Crippen molar-refractivity contribution in [3.8, 4) is 5.75 Å². The Morgan fingerprint density at radius 2 is 1.61 bits per heavy atom. The molecule has 88 valence electrons. The molecule has 2 heteroatoms. The number of ketones is 1. The van der Waals surface area contributed by atoms with E-state index in [2.05, 4.69) is 6.58 Å². The van der Waals surface area contributed by atoms with Crippen molar-refractivity contribution in [3.63, 3.8) is 0 Å². The van der Waals surface area contributed by atoms with Gasteiger partial charge in [-0.3, -0.25) is 4.79 Å². The zero-order valence-corrected chi connectivity index (χ0v) is 9.80. The van der Waals surface area contributed by atoms with Crippen LogP contribution in [-0.4, -0.2) is 5.78 Å². The molecular formula is C16H12O2. The Kier molecular flexibility index (Phi) is 2.49. The Labute approximate surface area is 106 Å². The van der Waals surface area contributed by atoms with Gasteiger partial charge in [0.15, 0.2) is 11.9 Å². The lowest BCUT2D eigenvalue weighted by Gasteiger charge is -2.27. The van der Waals surface area contributed by atoms with E-state index in [4.69, 9.17) is 4.74 Å². The van der Waals surface area contributed by atoms with Gasteiger partial charge in [0, 0.05) is 5.57 Å². The first kappa shape index (κ1) is 10.8. The summed E-state index contributed by atoms with van der Waals surface area (Å²) in [4.78, 5) is 12.2. The van der Waals surface area contributed by atoms with Gasteiger partial charge in [0.05, 0.1) is 5.56 Å². The third kappa shape index (κ3) is 1.63. The molecule has 3 rings (SSSR count). The van der Waals surface area contributed by atoms with Gasteiger partial charge in [-0.25, -0.2) is 0 Å². The standard InChI is InChI=1S/C16H12O2/c1-11-15(17)13-9-5-6-10-14(13)18-16(11)12-7-3-2-4-8-12/h2-10,16H,1H2/t16-/m1/s1. The SMILES string of the molecule is C=C1C(=O)c2ccccc2O[C@H]1c1ccccc1. The van der Waals surface area contributed by atoms with Gasteiger partial charge in [-0.15, -0.1) is 0 Å². The Balaban J connectivity index is 2.07. The van der Waals surface area contributed by atoms with Gasteiger partial charge in [-0.2, -0.15) is 0 Å². The highest BCUT2D eigenvalue weighted by Gasteiger charge is 2.30. The molecule has 1 aliphatic rings. The number of hydrogen-bond acceptors (Lipinski definition) is 2. The molecule has 1 heterocycles. The van der Waals surface area contributed by atoms with E-state index < -0.39 is 0 Å². The molecule has 2 aromatic carbocycles. The van der Waals surface area contributed by atoms with Gasteiger partial charge in [-0.05, 0) is 17.7 Å². The summed E-state index contributed by atoms with van der Waals surface area (Å²) in [6.45, 7) is 3.88. The molecule has 0 N–H and O–H groups in total. The minimum atomic E-state index is -0.381. The fraction of sp³-hybridized carbons (Fsp3) is 0.0625. The second-order valence-corrected chi connectivity index (χ2v) is 4.26. The molecular weight excluding hydrogens is 224 g/mol. The van der Waals surface area contributed by atoms with Crippen molar-refractivity contribution in [2.24, 2.45) is 0 Å². The molecule has 0 fully saturated rings. The first-order valence-electron chi connectivity index (χ1n) is 5.81. The van der Waals surface area contributed by atoms with E-state index in [1.165, 1.54) is 0 Å². The predicted octanol–water partition coefficient (Wildman–Crippen LogP) is 3.56. The van der Waals surface area contributed by atoms with Gasteiger partial charge < -0.3 is 4.74 Å². The van der Waals surface area contributed by atoms with Crippen LogP contribution in [0.2, 0.25) is 0 Å². The second kappa shape index (κ2) is 4.15. The number of carbonyl (C=O) groups excluding carboxylic acids is 1. The fourth-order valence-corrected chi connectivity index (χ4v) is 2.14. The maximum absolute atomic E-state index is 12.2. The van der Waals surface area contributed by atoms with Gasteiger partial charge in [-0.1, -0.05) is 49.0 Å². The van der Waals surface area contributed by atoms with Gasteiger partial charge in [0.25, 0.3) is 0 Å². The molecule has 2 nitrogen and oxygen atoms in total. The highest BCUT2D eigenvalue weighted by molar-refractivity contribution is 6.11. The fourth-order valence-electron chi connectivity index (χ4n) is 2.14. The number of benzene rings is 2. The van der Waals surface area contributed by atoms with Gasteiger partial charge in [0.1, 0.15) is 5.75 Å². The summed E-state index contributed by atoms with van der Waals surface area (Å²) >= 11 is 0. The van der Waals surface area contributed by atoms with E-state index in [0.717, 1.165) is 5.56 Å². The van der Waals surface area contributed by atoms with Crippen molar-refractivity contribution < 1.29 is 9.53 Å². The number of para-hydroxylation sites is 1. The third-order valence-electron chi connectivity index (χ3n) is 3.09. The normalized spacial score (nSPS) is 18.1. The maximum atomic E-state index is 12.2. The lowest BCUT2D eigenvalue weighted by molar-refractivity contribution is 0.0962. The van der Waals surface area contributed by atoms with E-state index in [1.807, 2.05) is 48.5 Å². The minimum Gasteiger partial charge on any atom is -0.480 e. The quantitative estimate of drug-likeness (QED) is 0.708. The lowest BCUT2D eigenvalue weighted by Crippen LogP contribution is -2.22. The van der Waals surface area contributed by atoms with Gasteiger partial charge in [0.2, 0.25) is 0 Å². The number of carbonyl (C=O) groups is 1. The average Bonchev–Trinajstić information content (AvgIpc) is 2.44. The van der Waals surface area contributed by atoms with Crippen molar-refractivity contribution in [2.45, 2.75) is 6.10 Å². The van der Waals surface area contributed by atoms with E-state index >= 15 is 0 Å². The lowest BCUT2D eigenvalue weighted by atomic mass is 9.92. The van der Waals surface area contributed by atoms with Crippen LogP contribution in [0.25, 0.3) is 0 Å². The largest absolute Gasteiger partial charge is 0.480 e. The predicted molar refractivity (Wildman–Crippen MR) is 69.7 cm³/mol. The zero-order chi connectivity index (χ0) is 12.5. The molecule has 0 saturated heterocycles. The number of fused-ring (bicyclic) bond motifs is 1. The smallest absolute Gasteiger partial charge is 0.196 e. The molecule has 0 radical (unpaired) electrons. The number of Topliss-reactive ketones (excluding diaryl/α,β-unsaturated/α-hetero) is 1. The van der Waals surface area contributed by atoms with E-state index in [-0.39, 0.29) is 11.9 Å². The summed E-state index contributed by atoms with van der Waals surface area (Å²) in [7, 11) is 0. The maximum Gasteiger partial charge on any atom is 0.196 e. The van der Waals surface area contributed by atoms with Crippen molar-refractivity contribution in [2.75, 3.05) is 0 Å². The number of hydrogen-bond donors (Lipinski definition) is 0. The van der Waals surface area contributed by atoms with Gasteiger partial charge >= 0.3 is 0 Å². The summed E-state index contributed by atoms with van der Waals surface area (Å²) in [6.07, 6.45) is -0.381. The molecule has 1 aliphatic heterocycles. The van der Waals surface area contributed by atoms with E-state index in [9.17, 15) is 4.79 Å². The van der Waals surface area contributed by atoms with Crippen LogP contribution in [0.1, 0.15) is 22.0 Å². The van der Waals surface area contributed by atoms with Crippen molar-refractivity contribution >= 4 is 5.78 Å². The number of rotatable bonds is 1. The topological polar surface area (TPSA) is 26.3 Å². The molecule has 0 unspecified atom stereocenters. The Hall–Kier alpha value is -2.35. The van der Waals surface area contributed by atoms with Crippen LogP contribution < -0.4 is 4.74 Å². The van der Waals surface area contributed by atoms with E-state index in [0.29, 0.717) is 16.9 Å². The third-order valence-corrected chi connectivity index (χ3v) is 3.09. The van der Waals surface area contributed by atoms with Crippen LogP contribution in [0.5, 0.6) is 5.75 Å². The summed E-state index contributed by atoms with van der Waals surface area (Å²) in [5, 5.41) is 0.